The van der Waals surface area contributed by atoms with Crippen LogP contribution < -0.4 is 10.1 Å². The molecule has 0 heterocycles. The summed E-state index contributed by atoms with van der Waals surface area (Å²) in [7, 11) is -4.33. The van der Waals surface area contributed by atoms with Gasteiger partial charge in [-0.1, -0.05) is 12.1 Å². The number of amides is 1. The Morgan fingerprint density at radius 3 is 2.00 bits per heavy atom. The molecular formula is C19H24N2O6S2. The lowest BCUT2D eigenvalue weighted by atomic mass is 10.1. The van der Waals surface area contributed by atoms with E-state index in [0.29, 0.717) is 11.3 Å². The lowest BCUT2D eigenvalue weighted by Gasteiger charge is -2.19. The fraction of sp³-hybridized carbons (Fsp3) is 0.316. The van der Waals surface area contributed by atoms with Crippen LogP contribution in [0, 0.1) is 0 Å². The molecule has 158 valence electrons. The topological polar surface area (TPSA) is 110 Å². The Balaban J connectivity index is 2.03. The molecule has 1 N–H and O–H groups in total. The normalized spacial score (nSPS) is 13.1. The van der Waals surface area contributed by atoms with Gasteiger partial charge in [0.25, 0.3) is 0 Å². The summed E-state index contributed by atoms with van der Waals surface area (Å²) < 4.78 is 54.2. The molecule has 2 aromatic carbocycles. The quantitative estimate of drug-likeness (QED) is 0.668. The highest BCUT2D eigenvalue weighted by molar-refractivity contribution is 7.90. The first-order valence-electron chi connectivity index (χ1n) is 8.65. The van der Waals surface area contributed by atoms with E-state index in [1.54, 1.807) is 19.1 Å². The molecule has 10 heteroatoms. The molecule has 2 aromatic rings. The number of carbonyl (C=O) groups excluding carboxylic acids is 1. The highest BCUT2D eigenvalue weighted by Gasteiger charge is 2.23. The van der Waals surface area contributed by atoms with E-state index < -0.39 is 31.8 Å². The first-order valence-corrected chi connectivity index (χ1v) is 12.0. The van der Waals surface area contributed by atoms with E-state index in [1.807, 2.05) is 0 Å². The average molecular weight is 441 g/mol. The van der Waals surface area contributed by atoms with Crippen LogP contribution in [0.1, 0.15) is 18.5 Å². The van der Waals surface area contributed by atoms with Crippen molar-refractivity contribution in [2.24, 2.45) is 0 Å². The molecule has 0 aliphatic carbocycles. The van der Waals surface area contributed by atoms with Gasteiger partial charge in [0.15, 0.2) is 9.84 Å². The summed E-state index contributed by atoms with van der Waals surface area (Å²) in [6, 6.07) is 11.6. The molecule has 0 aliphatic heterocycles. The monoisotopic (exact) mass is 440 g/mol. The predicted octanol–water partition coefficient (Wildman–Crippen LogP) is 1.60. The predicted molar refractivity (Wildman–Crippen MR) is 109 cm³/mol. The zero-order valence-corrected chi connectivity index (χ0v) is 18.2. The molecule has 0 aromatic heterocycles. The van der Waals surface area contributed by atoms with Gasteiger partial charge in [-0.15, -0.1) is 0 Å². The van der Waals surface area contributed by atoms with E-state index in [0.717, 1.165) is 10.6 Å². The summed E-state index contributed by atoms with van der Waals surface area (Å²) in [5.74, 6) is 0.0457. The number of nitrogens with zero attached hydrogens (tertiary/aromatic N) is 1. The molecule has 2 rings (SSSR count). The third-order valence-electron chi connectivity index (χ3n) is 4.32. The number of likely N-dealkylation sites (N-methyl/N-ethyl adjacent to an activating group) is 1. The number of nitrogens with one attached hydrogen (secondary N) is 1. The number of benzene rings is 2. The van der Waals surface area contributed by atoms with E-state index in [1.165, 1.54) is 50.6 Å². The van der Waals surface area contributed by atoms with Gasteiger partial charge in [-0.05, 0) is 48.9 Å². The maximum Gasteiger partial charge on any atom is 0.243 e. The van der Waals surface area contributed by atoms with Gasteiger partial charge >= 0.3 is 0 Å². The number of ether oxygens (including phenoxy) is 1. The second-order valence-electron chi connectivity index (χ2n) is 6.57. The summed E-state index contributed by atoms with van der Waals surface area (Å²) in [4.78, 5) is 12.5. The van der Waals surface area contributed by atoms with Crippen LogP contribution >= 0.6 is 0 Å². The third-order valence-corrected chi connectivity index (χ3v) is 7.27. The van der Waals surface area contributed by atoms with Crippen molar-refractivity contribution in [2.75, 3.05) is 27.0 Å². The van der Waals surface area contributed by atoms with Gasteiger partial charge in [0.05, 0.1) is 29.5 Å². The molecule has 0 saturated heterocycles. The molecule has 0 unspecified atom stereocenters. The zero-order valence-electron chi connectivity index (χ0n) is 16.6. The number of hydrogen-bond donors (Lipinski definition) is 1. The number of sulfone groups is 1. The number of rotatable bonds is 8. The summed E-state index contributed by atoms with van der Waals surface area (Å²) in [6.07, 6.45) is 1.12. The fourth-order valence-corrected chi connectivity index (χ4v) is 4.35. The highest BCUT2D eigenvalue weighted by Crippen LogP contribution is 2.19. The smallest absolute Gasteiger partial charge is 0.243 e. The first kappa shape index (κ1) is 22.9. The fourth-order valence-electron chi connectivity index (χ4n) is 2.59. The molecule has 29 heavy (non-hydrogen) atoms. The Hall–Kier alpha value is -2.43. The van der Waals surface area contributed by atoms with Gasteiger partial charge in [0, 0.05) is 13.3 Å². The van der Waals surface area contributed by atoms with E-state index in [2.05, 4.69) is 5.32 Å². The molecule has 8 nitrogen and oxygen atoms in total. The minimum Gasteiger partial charge on any atom is -0.497 e. The van der Waals surface area contributed by atoms with Crippen molar-refractivity contribution in [1.29, 1.82) is 0 Å². The average Bonchev–Trinajstić information content (AvgIpc) is 2.67. The molecule has 0 aliphatic rings. The number of carbonyl (C=O) groups is 1. The van der Waals surface area contributed by atoms with Crippen molar-refractivity contribution in [1.82, 2.24) is 9.62 Å². The van der Waals surface area contributed by atoms with Crippen molar-refractivity contribution in [3.63, 3.8) is 0 Å². The number of hydrogen-bond acceptors (Lipinski definition) is 6. The second-order valence-corrected chi connectivity index (χ2v) is 10.6. The molecule has 0 bridgehead atoms. The molecule has 0 saturated carbocycles. The Morgan fingerprint density at radius 1 is 1.00 bits per heavy atom. The summed E-state index contributed by atoms with van der Waals surface area (Å²) >= 11 is 0. The summed E-state index contributed by atoms with van der Waals surface area (Å²) in [5, 5.41) is 2.71. The van der Waals surface area contributed by atoms with Crippen LogP contribution in [0.2, 0.25) is 0 Å². The molecule has 0 spiro atoms. The Morgan fingerprint density at radius 2 is 1.52 bits per heavy atom. The highest BCUT2D eigenvalue weighted by atomic mass is 32.2. The van der Waals surface area contributed by atoms with E-state index >= 15 is 0 Å². The lowest BCUT2D eigenvalue weighted by molar-refractivity contribution is -0.121. The van der Waals surface area contributed by atoms with E-state index in [-0.39, 0.29) is 16.3 Å². The Kier molecular flexibility index (Phi) is 7.04. The summed E-state index contributed by atoms with van der Waals surface area (Å²) in [6.45, 7) is 1.37. The van der Waals surface area contributed by atoms with Crippen LogP contribution in [0.3, 0.4) is 0 Å². The van der Waals surface area contributed by atoms with Crippen molar-refractivity contribution in [3.8, 4) is 5.75 Å². The van der Waals surface area contributed by atoms with Crippen LogP contribution in [0.4, 0.5) is 0 Å². The second kappa shape index (κ2) is 8.93. The van der Waals surface area contributed by atoms with E-state index in [4.69, 9.17) is 4.74 Å². The Bertz CT molecular complexity index is 1060. The lowest BCUT2D eigenvalue weighted by Crippen LogP contribution is -2.39. The van der Waals surface area contributed by atoms with E-state index in [9.17, 15) is 21.6 Å². The van der Waals surface area contributed by atoms with Gasteiger partial charge in [-0.3, -0.25) is 4.79 Å². The van der Waals surface area contributed by atoms with Crippen molar-refractivity contribution < 1.29 is 26.4 Å². The van der Waals surface area contributed by atoms with Crippen LogP contribution in [-0.4, -0.2) is 54.0 Å². The van der Waals surface area contributed by atoms with Crippen molar-refractivity contribution in [3.05, 3.63) is 54.1 Å². The summed E-state index contributed by atoms with van der Waals surface area (Å²) in [5.41, 5.74) is 0.700. The zero-order chi connectivity index (χ0) is 21.8. The minimum atomic E-state index is -3.83. The van der Waals surface area contributed by atoms with Gasteiger partial charge < -0.3 is 10.1 Å². The third kappa shape index (κ3) is 5.78. The van der Waals surface area contributed by atoms with Crippen molar-refractivity contribution >= 4 is 25.8 Å². The Labute approximate surface area is 171 Å². The standard InChI is InChI=1S/C19H24N2O6S2/c1-14(15-5-9-17(10-6-15)28(4,23)24)20-19(22)13-21(2)29(25,26)18-11-7-16(27-3)8-12-18/h5-12,14H,13H2,1-4H3,(H,20,22)/t14-/m0/s1. The van der Waals surface area contributed by atoms with Crippen LogP contribution in [0.5, 0.6) is 5.75 Å². The van der Waals surface area contributed by atoms with Gasteiger partial charge in [-0.2, -0.15) is 4.31 Å². The largest absolute Gasteiger partial charge is 0.497 e. The van der Waals surface area contributed by atoms with Crippen molar-refractivity contribution in [2.45, 2.75) is 22.8 Å². The van der Waals surface area contributed by atoms with Gasteiger partial charge in [-0.25, -0.2) is 16.8 Å². The first-order chi connectivity index (χ1) is 13.4. The van der Waals surface area contributed by atoms with Crippen LogP contribution in [0.25, 0.3) is 0 Å². The molecule has 1 amide bonds. The SMILES string of the molecule is COc1ccc(S(=O)(=O)N(C)CC(=O)N[C@@H](C)c2ccc(S(C)(=O)=O)cc2)cc1. The van der Waals surface area contributed by atoms with Gasteiger partial charge in [0.2, 0.25) is 15.9 Å². The minimum absolute atomic E-state index is 0.0537. The molecule has 1 atom stereocenters. The van der Waals surface area contributed by atoms with Crippen LogP contribution in [-0.2, 0) is 24.7 Å². The maximum atomic E-state index is 12.6. The maximum absolute atomic E-state index is 12.6. The number of sulfonamides is 1. The molecule has 0 fully saturated rings. The molecule has 0 radical (unpaired) electrons. The van der Waals surface area contributed by atoms with Crippen LogP contribution in [0.15, 0.2) is 58.3 Å². The van der Waals surface area contributed by atoms with Gasteiger partial charge in [0.1, 0.15) is 5.75 Å². The molecular weight excluding hydrogens is 416 g/mol. The number of methoxy groups -OCH3 is 1.